The third-order valence-corrected chi connectivity index (χ3v) is 4.01. The highest BCUT2D eigenvalue weighted by molar-refractivity contribution is 7.18. The minimum atomic E-state index is -0.231. The zero-order valence-electron chi connectivity index (χ0n) is 10.7. The zero-order chi connectivity index (χ0) is 14.0. The van der Waals surface area contributed by atoms with Crippen LogP contribution in [-0.2, 0) is 0 Å². The first kappa shape index (κ1) is 13.1. The first-order valence-electron chi connectivity index (χ1n) is 5.70. The lowest BCUT2D eigenvalue weighted by molar-refractivity contribution is 0.103. The lowest BCUT2D eigenvalue weighted by atomic mass is 10.1. The van der Waals surface area contributed by atoms with Crippen LogP contribution in [-0.4, -0.2) is 5.91 Å². The summed E-state index contributed by atoms with van der Waals surface area (Å²) in [5.74, 6) is -0.231. The van der Waals surface area contributed by atoms with Gasteiger partial charge in [-0.25, -0.2) is 0 Å². The number of para-hydroxylation sites is 1. The number of nitrogens with one attached hydrogen (secondary N) is 1. The molecule has 0 aliphatic carbocycles. The van der Waals surface area contributed by atoms with Crippen molar-refractivity contribution in [1.82, 2.24) is 0 Å². The number of thiophene rings is 1. The van der Waals surface area contributed by atoms with Crippen molar-refractivity contribution in [2.24, 2.45) is 0 Å². The molecular weight excluding hydrogens is 258 g/mol. The predicted molar refractivity (Wildman–Crippen MR) is 77.3 cm³/mol. The number of nitrogen functional groups attached to an aromatic ring is 1. The van der Waals surface area contributed by atoms with Crippen molar-refractivity contribution >= 4 is 27.9 Å². The van der Waals surface area contributed by atoms with E-state index >= 15 is 0 Å². The van der Waals surface area contributed by atoms with E-state index in [9.17, 15) is 4.79 Å². The molecule has 0 aliphatic heterocycles. The molecule has 1 aromatic heterocycles. The molecule has 2 rings (SSSR count). The van der Waals surface area contributed by atoms with Gasteiger partial charge in [0.1, 0.15) is 11.1 Å². The number of rotatable bonds is 2. The predicted octanol–water partition coefficient (Wildman–Crippen LogP) is 3.07. The molecule has 96 valence electrons. The summed E-state index contributed by atoms with van der Waals surface area (Å²) in [4.78, 5) is 12.7. The SMILES string of the molecule is Cc1ccccc1NC(=O)c1sc(N)c(C#N)c1C. The second-order valence-electron chi connectivity index (χ2n) is 4.18. The number of anilines is 2. The van der Waals surface area contributed by atoms with Gasteiger partial charge in [0.25, 0.3) is 5.91 Å². The van der Waals surface area contributed by atoms with Gasteiger partial charge in [0.2, 0.25) is 0 Å². The monoisotopic (exact) mass is 271 g/mol. The maximum atomic E-state index is 12.2. The van der Waals surface area contributed by atoms with Gasteiger partial charge in [-0.1, -0.05) is 18.2 Å². The van der Waals surface area contributed by atoms with Crippen molar-refractivity contribution in [3.63, 3.8) is 0 Å². The first-order chi connectivity index (χ1) is 9.04. The number of hydrogen-bond donors (Lipinski definition) is 2. The third-order valence-electron chi connectivity index (χ3n) is 2.89. The second-order valence-corrected chi connectivity index (χ2v) is 5.23. The number of nitrogens with two attached hydrogens (primary N) is 1. The molecule has 4 nitrogen and oxygen atoms in total. The van der Waals surface area contributed by atoms with Gasteiger partial charge < -0.3 is 11.1 Å². The largest absolute Gasteiger partial charge is 0.389 e. The van der Waals surface area contributed by atoms with Gasteiger partial charge in [-0.3, -0.25) is 4.79 Å². The van der Waals surface area contributed by atoms with Crippen molar-refractivity contribution < 1.29 is 4.79 Å². The molecule has 0 aliphatic rings. The summed E-state index contributed by atoms with van der Waals surface area (Å²) >= 11 is 1.14. The molecule has 1 heterocycles. The molecule has 0 spiro atoms. The topological polar surface area (TPSA) is 78.9 Å². The van der Waals surface area contributed by atoms with Crippen molar-refractivity contribution in [3.05, 3.63) is 45.8 Å². The van der Waals surface area contributed by atoms with Crippen LogP contribution in [0.4, 0.5) is 10.7 Å². The fourth-order valence-corrected chi connectivity index (χ4v) is 2.70. The van der Waals surface area contributed by atoms with Crippen LogP contribution in [0.2, 0.25) is 0 Å². The summed E-state index contributed by atoms with van der Waals surface area (Å²) in [5, 5.41) is 12.2. The highest BCUT2D eigenvalue weighted by Gasteiger charge is 2.18. The summed E-state index contributed by atoms with van der Waals surface area (Å²) in [6, 6.07) is 9.55. The molecule has 5 heteroatoms. The number of hydrogen-bond acceptors (Lipinski definition) is 4. The van der Waals surface area contributed by atoms with E-state index in [1.165, 1.54) is 0 Å². The van der Waals surface area contributed by atoms with Crippen LogP contribution in [0.15, 0.2) is 24.3 Å². The molecule has 0 saturated carbocycles. The Morgan fingerprint density at radius 2 is 2.05 bits per heavy atom. The summed E-state index contributed by atoms with van der Waals surface area (Å²) in [5.41, 5.74) is 8.50. The van der Waals surface area contributed by atoms with Gasteiger partial charge in [0.15, 0.2) is 0 Å². The number of nitriles is 1. The molecule has 0 atom stereocenters. The molecule has 2 aromatic rings. The second kappa shape index (κ2) is 5.12. The normalized spacial score (nSPS) is 9.95. The van der Waals surface area contributed by atoms with Crippen molar-refractivity contribution in [2.45, 2.75) is 13.8 Å². The summed E-state index contributed by atoms with van der Waals surface area (Å²) in [6.45, 7) is 3.66. The Balaban J connectivity index is 2.32. The van der Waals surface area contributed by atoms with E-state index in [1.54, 1.807) is 6.92 Å². The van der Waals surface area contributed by atoms with Crippen LogP contribution < -0.4 is 11.1 Å². The molecule has 0 radical (unpaired) electrons. The zero-order valence-corrected chi connectivity index (χ0v) is 11.5. The van der Waals surface area contributed by atoms with Gasteiger partial charge in [0, 0.05) is 5.69 Å². The molecule has 0 unspecified atom stereocenters. The Morgan fingerprint density at radius 1 is 1.37 bits per heavy atom. The van der Waals surface area contributed by atoms with Crippen LogP contribution in [0.3, 0.4) is 0 Å². The third kappa shape index (κ3) is 2.44. The Labute approximate surface area is 115 Å². The quantitative estimate of drug-likeness (QED) is 0.881. The Kier molecular flexibility index (Phi) is 3.54. The highest BCUT2D eigenvalue weighted by atomic mass is 32.1. The molecule has 0 fully saturated rings. The minimum absolute atomic E-state index is 0.231. The fourth-order valence-electron chi connectivity index (χ4n) is 1.78. The fraction of sp³-hybridized carbons (Fsp3) is 0.143. The number of benzene rings is 1. The van der Waals surface area contributed by atoms with Gasteiger partial charge in [-0.15, -0.1) is 11.3 Å². The number of aryl methyl sites for hydroxylation is 1. The number of carbonyl (C=O) groups excluding carboxylic acids is 1. The van der Waals surface area contributed by atoms with Gasteiger partial charge in [-0.2, -0.15) is 5.26 Å². The maximum Gasteiger partial charge on any atom is 0.266 e. The lowest BCUT2D eigenvalue weighted by Gasteiger charge is -2.07. The smallest absolute Gasteiger partial charge is 0.266 e. The van der Waals surface area contributed by atoms with E-state index in [0.717, 1.165) is 22.6 Å². The van der Waals surface area contributed by atoms with Crippen LogP contribution in [0.25, 0.3) is 0 Å². The van der Waals surface area contributed by atoms with E-state index in [2.05, 4.69) is 5.32 Å². The van der Waals surface area contributed by atoms with E-state index in [1.807, 2.05) is 37.3 Å². The van der Waals surface area contributed by atoms with E-state index in [4.69, 9.17) is 11.0 Å². The highest BCUT2D eigenvalue weighted by Crippen LogP contribution is 2.30. The Bertz CT molecular complexity index is 682. The summed E-state index contributed by atoms with van der Waals surface area (Å²) < 4.78 is 0. The molecular formula is C14H13N3OS. The van der Waals surface area contributed by atoms with Crippen molar-refractivity contribution in [1.29, 1.82) is 5.26 Å². The Hall–Kier alpha value is -2.32. The molecule has 0 bridgehead atoms. The maximum absolute atomic E-state index is 12.2. The van der Waals surface area contributed by atoms with E-state index < -0.39 is 0 Å². The number of carbonyl (C=O) groups is 1. The molecule has 1 amide bonds. The molecule has 3 N–H and O–H groups in total. The Morgan fingerprint density at radius 3 is 2.63 bits per heavy atom. The van der Waals surface area contributed by atoms with Crippen LogP contribution >= 0.6 is 11.3 Å². The van der Waals surface area contributed by atoms with Crippen molar-refractivity contribution in [3.8, 4) is 6.07 Å². The average molecular weight is 271 g/mol. The van der Waals surface area contributed by atoms with Crippen LogP contribution in [0.1, 0.15) is 26.4 Å². The summed E-state index contributed by atoms with van der Waals surface area (Å²) in [6.07, 6.45) is 0. The molecule has 0 saturated heterocycles. The van der Waals surface area contributed by atoms with Gasteiger partial charge in [-0.05, 0) is 31.0 Å². The average Bonchev–Trinajstić information content (AvgIpc) is 2.67. The van der Waals surface area contributed by atoms with Gasteiger partial charge >= 0.3 is 0 Å². The molecule has 19 heavy (non-hydrogen) atoms. The first-order valence-corrected chi connectivity index (χ1v) is 6.52. The number of amides is 1. The number of nitrogens with zero attached hydrogens (tertiary/aromatic N) is 1. The standard InChI is InChI=1S/C14H13N3OS/c1-8-5-3-4-6-11(8)17-14(18)12-9(2)10(7-15)13(16)19-12/h3-6H,16H2,1-2H3,(H,17,18). The minimum Gasteiger partial charge on any atom is -0.389 e. The summed E-state index contributed by atoms with van der Waals surface area (Å²) in [7, 11) is 0. The van der Waals surface area contributed by atoms with E-state index in [0.29, 0.717) is 21.0 Å². The van der Waals surface area contributed by atoms with Crippen LogP contribution in [0, 0.1) is 25.2 Å². The van der Waals surface area contributed by atoms with Crippen molar-refractivity contribution in [2.75, 3.05) is 11.1 Å². The lowest BCUT2D eigenvalue weighted by Crippen LogP contribution is -2.12. The van der Waals surface area contributed by atoms with Gasteiger partial charge in [0.05, 0.1) is 10.4 Å². The molecule has 1 aromatic carbocycles. The van der Waals surface area contributed by atoms with Crippen LogP contribution in [0.5, 0.6) is 0 Å². The van der Waals surface area contributed by atoms with E-state index in [-0.39, 0.29) is 5.91 Å².